The van der Waals surface area contributed by atoms with Gasteiger partial charge in [-0.05, 0) is 52.1 Å². The Hall–Kier alpha value is -1.06. The fourth-order valence-corrected chi connectivity index (χ4v) is 3.47. The molecule has 0 bridgehead atoms. The van der Waals surface area contributed by atoms with Crippen LogP contribution in [-0.2, 0) is 0 Å². The number of nitrogens with two attached hydrogens (primary N) is 1. The Morgan fingerprint density at radius 3 is 2.55 bits per heavy atom. The molecule has 0 amide bonds. The molecule has 0 aliphatic heterocycles. The van der Waals surface area contributed by atoms with Crippen molar-refractivity contribution < 1.29 is 5.11 Å². The van der Waals surface area contributed by atoms with Gasteiger partial charge in [-0.25, -0.2) is 0 Å². The van der Waals surface area contributed by atoms with Gasteiger partial charge in [0.1, 0.15) is 5.75 Å². The van der Waals surface area contributed by atoms with Gasteiger partial charge in [0.05, 0.1) is 0 Å². The highest BCUT2D eigenvalue weighted by Crippen LogP contribution is 2.33. The summed E-state index contributed by atoms with van der Waals surface area (Å²) in [5.41, 5.74) is 8.25. The summed E-state index contributed by atoms with van der Waals surface area (Å²) in [5, 5.41) is 10.1. The van der Waals surface area contributed by atoms with Crippen LogP contribution in [0.5, 0.6) is 5.75 Å². The number of hydrogen-bond acceptors (Lipinski definition) is 3. The van der Waals surface area contributed by atoms with Gasteiger partial charge < -0.3 is 10.8 Å². The highest BCUT2D eigenvalue weighted by molar-refractivity contribution is 5.37. The van der Waals surface area contributed by atoms with E-state index in [9.17, 15) is 5.11 Å². The van der Waals surface area contributed by atoms with E-state index >= 15 is 0 Å². The number of benzene rings is 1. The minimum absolute atomic E-state index is 0.249. The summed E-state index contributed by atoms with van der Waals surface area (Å²) in [5.74, 6) is 0.411. The van der Waals surface area contributed by atoms with Crippen LogP contribution in [0.2, 0.25) is 0 Å². The lowest BCUT2D eigenvalue weighted by atomic mass is 9.89. The fourth-order valence-electron chi connectivity index (χ4n) is 3.47. The van der Waals surface area contributed by atoms with Crippen LogP contribution in [0, 0.1) is 6.92 Å². The third-order valence-electron chi connectivity index (χ3n) is 4.71. The van der Waals surface area contributed by atoms with Crippen molar-refractivity contribution in [3.63, 3.8) is 0 Å². The first kappa shape index (κ1) is 15.3. The third kappa shape index (κ3) is 3.33. The van der Waals surface area contributed by atoms with E-state index in [2.05, 4.69) is 31.7 Å². The van der Waals surface area contributed by atoms with Crippen molar-refractivity contribution in [3.05, 3.63) is 29.3 Å². The minimum Gasteiger partial charge on any atom is -0.508 e. The summed E-state index contributed by atoms with van der Waals surface area (Å²) in [6.45, 7) is 7.49. The number of rotatable bonds is 4. The molecule has 0 spiro atoms. The molecule has 112 valence electrons. The monoisotopic (exact) mass is 276 g/mol. The maximum Gasteiger partial charge on any atom is 0.120 e. The van der Waals surface area contributed by atoms with Crippen molar-refractivity contribution in [3.8, 4) is 5.75 Å². The molecule has 1 atom stereocenters. The molecule has 0 radical (unpaired) electrons. The van der Waals surface area contributed by atoms with Gasteiger partial charge in [0.2, 0.25) is 0 Å². The number of phenols is 1. The zero-order valence-electron chi connectivity index (χ0n) is 13.0. The molecule has 20 heavy (non-hydrogen) atoms. The number of nitrogens with zero attached hydrogens (tertiary/aromatic N) is 1. The summed E-state index contributed by atoms with van der Waals surface area (Å²) >= 11 is 0. The molecule has 3 N–H and O–H groups in total. The van der Waals surface area contributed by atoms with Crippen molar-refractivity contribution in [1.29, 1.82) is 0 Å². The van der Waals surface area contributed by atoms with Crippen LogP contribution >= 0.6 is 0 Å². The highest BCUT2D eigenvalue weighted by Gasteiger charge is 2.28. The fraction of sp³-hybridized carbons (Fsp3) is 0.647. The van der Waals surface area contributed by atoms with E-state index < -0.39 is 0 Å². The minimum atomic E-state index is 0.249. The van der Waals surface area contributed by atoms with Gasteiger partial charge in [0.25, 0.3) is 0 Å². The number of hydrogen-bond donors (Lipinski definition) is 2. The van der Waals surface area contributed by atoms with E-state index in [1.807, 2.05) is 12.1 Å². The molecule has 1 aromatic rings. The zero-order valence-corrected chi connectivity index (χ0v) is 13.0. The van der Waals surface area contributed by atoms with Crippen LogP contribution in [0.3, 0.4) is 0 Å². The van der Waals surface area contributed by atoms with Gasteiger partial charge in [-0.15, -0.1) is 0 Å². The average Bonchev–Trinajstić information content (AvgIpc) is 2.44. The Morgan fingerprint density at radius 2 is 1.95 bits per heavy atom. The average molecular weight is 276 g/mol. The summed E-state index contributed by atoms with van der Waals surface area (Å²) < 4.78 is 0. The molecule has 0 saturated heterocycles. The molecule has 0 heterocycles. The molecular weight excluding hydrogens is 248 g/mol. The van der Waals surface area contributed by atoms with E-state index in [0.29, 0.717) is 17.8 Å². The summed E-state index contributed by atoms with van der Waals surface area (Å²) in [6, 6.07) is 7.10. The first-order chi connectivity index (χ1) is 9.52. The Morgan fingerprint density at radius 1 is 1.30 bits per heavy atom. The zero-order chi connectivity index (χ0) is 14.7. The van der Waals surface area contributed by atoms with E-state index in [1.165, 1.54) is 18.4 Å². The molecule has 1 saturated carbocycles. The molecule has 1 fully saturated rings. The van der Waals surface area contributed by atoms with Gasteiger partial charge in [-0.1, -0.05) is 24.6 Å². The number of phenolic OH excluding ortho intramolecular Hbond substituents is 1. The Kier molecular flexibility index (Phi) is 5.06. The Bertz CT molecular complexity index is 439. The molecule has 2 rings (SSSR count). The SMILES string of the molecule is CCN(C1CCC(N)CC1)C(C)c1cc(C)ccc1O. The van der Waals surface area contributed by atoms with E-state index in [1.54, 1.807) is 0 Å². The maximum atomic E-state index is 10.1. The third-order valence-corrected chi connectivity index (χ3v) is 4.71. The predicted octanol–water partition coefficient (Wildman–Crippen LogP) is 3.35. The molecule has 3 nitrogen and oxygen atoms in total. The molecule has 3 heteroatoms. The van der Waals surface area contributed by atoms with E-state index in [4.69, 9.17) is 5.73 Å². The summed E-state index contributed by atoms with van der Waals surface area (Å²) in [4.78, 5) is 2.51. The Balaban J connectivity index is 2.16. The van der Waals surface area contributed by atoms with Crippen molar-refractivity contribution in [2.45, 2.75) is 64.6 Å². The molecule has 1 aliphatic carbocycles. The van der Waals surface area contributed by atoms with Gasteiger partial charge in [0.15, 0.2) is 0 Å². The molecular formula is C17H28N2O. The van der Waals surface area contributed by atoms with Crippen molar-refractivity contribution >= 4 is 0 Å². The van der Waals surface area contributed by atoms with Crippen LogP contribution in [0.25, 0.3) is 0 Å². The van der Waals surface area contributed by atoms with Gasteiger partial charge in [0, 0.05) is 23.7 Å². The van der Waals surface area contributed by atoms with Crippen LogP contribution < -0.4 is 5.73 Å². The standard InChI is InChI=1S/C17H28N2O/c1-4-19(15-8-6-14(18)7-9-15)13(3)16-11-12(2)5-10-17(16)20/h5,10-11,13-15,20H,4,6-9,18H2,1-3H3. The largest absolute Gasteiger partial charge is 0.508 e. The smallest absolute Gasteiger partial charge is 0.120 e. The van der Waals surface area contributed by atoms with Crippen molar-refractivity contribution in [2.75, 3.05) is 6.54 Å². The molecule has 1 unspecified atom stereocenters. The normalized spacial score (nSPS) is 24.9. The second-order valence-electron chi connectivity index (χ2n) is 6.14. The van der Waals surface area contributed by atoms with Gasteiger partial charge in [-0.2, -0.15) is 0 Å². The lowest BCUT2D eigenvalue weighted by Gasteiger charge is -2.39. The van der Waals surface area contributed by atoms with Gasteiger partial charge in [-0.3, -0.25) is 4.90 Å². The maximum absolute atomic E-state index is 10.1. The first-order valence-corrected chi connectivity index (χ1v) is 7.83. The molecule has 1 aromatic carbocycles. The van der Waals surface area contributed by atoms with Crippen LogP contribution in [-0.4, -0.2) is 28.6 Å². The van der Waals surface area contributed by atoms with Crippen LogP contribution in [0.15, 0.2) is 18.2 Å². The first-order valence-electron chi connectivity index (χ1n) is 7.83. The highest BCUT2D eigenvalue weighted by atomic mass is 16.3. The molecule has 0 aromatic heterocycles. The molecule has 1 aliphatic rings. The second kappa shape index (κ2) is 6.59. The predicted molar refractivity (Wildman–Crippen MR) is 83.9 cm³/mol. The number of aryl methyl sites for hydroxylation is 1. The Labute approximate surface area is 122 Å². The lowest BCUT2D eigenvalue weighted by Crippen LogP contribution is -2.42. The second-order valence-corrected chi connectivity index (χ2v) is 6.14. The van der Waals surface area contributed by atoms with Gasteiger partial charge >= 0.3 is 0 Å². The van der Waals surface area contributed by atoms with Crippen LogP contribution in [0.1, 0.15) is 56.7 Å². The van der Waals surface area contributed by atoms with Crippen molar-refractivity contribution in [1.82, 2.24) is 4.90 Å². The van der Waals surface area contributed by atoms with E-state index in [-0.39, 0.29) is 6.04 Å². The quantitative estimate of drug-likeness (QED) is 0.886. The van der Waals surface area contributed by atoms with E-state index in [0.717, 1.165) is 24.9 Å². The summed E-state index contributed by atoms with van der Waals surface area (Å²) in [7, 11) is 0. The lowest BCUT2D eigenvalue weighted by molar-refractivity contribution is 0.113. The van der Waals surface area contributed by atoms with Crippen LogP contribution in [0.4, 0.5) is 0 Å². The summed E-state index contributed by atoms with van der Waals surface area (Å²) in [6.07, 6.45) is 4.58. The topological polar surface area (TPSA) is 49.5 Å². The van der Waals surface area contributed by atoms with Crippen molar-refractivity contribution in [2.24, 2.45) is 5.73 Å². The number of aromatic hydroxyl groups is 1.